The van der Waals surface area contributed by atoms with Crippen molar-refractivity contribution in [2.45, 2.75) is 27.3 Å². The molecule has 0 unspecified atom stereocenters. The fraction of sp³-hybridized carbons (Fsp3) is 0.333. The number of hydrazone groups is 1. The first kappa shape index (κ1) is 21.4. The Morgan fingerprint density at radius 3 is 2.57 bits per heavy atom. The van der Waals surface area contributed by atoms with Gasteiger partial charge in [-0.2, -0.15) is 0 Å². The highest BCUT2D eigenvalue weighted by Gasteiger charge is 2.19. The number of hydrogen-bond donors (Lipinski definition) is 1. The molecule has 2 aromatic rings. The topological polar surface area (TPSA) is 99.0 Å². The molecule has 0 spiro atoms. The smallest absolute Gasteiger partial charge is 0.343 e. The molecule has 28 heavy (non-hydrogen) atoms. The predicted octanol–water partition coefficient (Wildman–Crippen LogP) is 2.46. The number of rotatable bonds is 6. The van der Waals surface area contributed by atoms with E-state index in [-0.39, 0.29) is 40.5 Å². The highest BCUT2D eigenvalue weighted by atomic mass is 35.5. The summed E-state index contributed by atoms with van der Waals surface area (Å²) in [5.74, 6) is -1.98. The second-order valence-electron chi connectivity index (χ2n) is 5.60. The molecule has 1 heterocycles. The van der Waals surface area contributed by atoms with Gasteiger partial charge in [0.15, 0.2) is 0 Å². The van der Waals surface area contributed by atoms with Gasteiger partial charge in [0.25, 0.3) is 5.91 Å². The number of aromatic nitrogens is 1. The normalized spacial score (nSPS) is 11.4. The highest BCUT2D eigenvalue weighted by Crippen LogP contribution is 2.22. The quantitative estimate of drug-likeness (QED) is 0.340. The molecule has 0 atom stereocenters. The average molecular weight is 412 g/mol. The number of hydrogen-bond acceptors (Lipinski definition) is 6. The van der Waals surface area contributed by atoms with Gasteiger partial charge in [0.1, 0.15) is 17.9 Å². The van der Waals surface area contributed by atoms with Crippen molar-refractivity contribution in [3.63, 3.8) is 0 Å². The summed E-state index contributed by atoms with van der Waals surface area (Å²) in [7, 11) is 0. The van der Waals surface area contributed by atoms with Crippen molar-refractivity contribution < 1.29 is 23.5 Å². The number of halogens is 2. The average Bonchev–Trinajstić information content (AvgIpc) is 2.64. The van der Waals surface area contributed by atoms with E-state index in [1.54, 1.807) is 20.8 Å². The molecule has 1 amide bonds. The van der Waals surface area contributed by atoms with E-state index >= 15 is 0 Å². The van der Waals surface area contributed by atoms with Crippen LogP contribution in [0.15, 0.2) is 28.2 Å². The zero-order valence-corrected chi connectivity index (χ0v) is 16.3. The molecule has 0 aliphatic carbocycles. The molecule has 0 radical (unpaired) electrons. The van der Waals surface area contributed by atoms with Gasteiger partial charge in [0, 0.05) is 18.5 Å². The monoisotopic (exact) mass is 411 g/mol. The lowest BCUT2D eigenvalue weighted by Crippen LogP contribution is -2.27. The van der Waals surface area contributed by atoms with Crippen LogP contribution in [-0.2, 0) is 20.8 Å². The summed E-state index contributed by atoms with van der Waals surface area (Å²) in [6, 6.07) is 2.14. The minimum atomic E-state index is -0.871. The van der Waals surface area contributed by atoms with Crippen LogP contribution in [-0.4, -0.2) is 35.6 Å². The molecule has 10 heteroatoms. The molecule has 2 rings (SSSR count). The van der Waals surface area contributed by atoms with Gasteiger partial charge >= 0.3 is 5.97 Å². The minimum absolute atomic E-state index is 0.0528. The SMILES string of the molecule is CCOC(=O)c1cn(CC(=O)N/N=C(\C)OCC)c2cc(Cl)c(F)cc2c1=O. The molecule has 150 valence electrons. The van der Waals surface area contributed by atoms with Crippen molar-refractivity contribution in [3.05, 3.63) is 45.0 Å². The van der Waals surface area contributed by atoms with E-state index < -0.39 is 23.1 Å². The molecule has 0 aliphatic rings. The van der Waals surface area contributed by atoms with Crippen LogP contribution in [0.25, 0.3) is 10.9 Å². The molecule has 0 fully saturated rings. The number of pyridine rings is 1. The number of ether oxygens (including phenoxy) is 2. The first-order valence-corrected chi connectivity index (χ1v) is 8.81. The van der Waals surface area contributed by atoms with Gasteiger partial charge in [-0.25, -0.2) is 14.6 Å². The van der Waals surface area contributed by atoms with Crippen molar-refractivity contribution in [2.24, 2.45) is 5.10 Å². The lowest BCUT2D eigenvalue weighted by atomic mass is 10.1. The standard InChI is InChI=1S/C18H19ClFN3O5/c1-4-27-10(3)21-22-16(24)9-23-8-12(18(26)28-5-2)17(25)11-6-14(20)13(19)7-15(11)23/h6-8H,4-5,9H2,1-3H3,(H,22,24)/b21-10+. The fourth-order valence-electron chi connectivity index (χ4n) is 2.44. The van der Waals surface area contributed by atoms with Crippen LogP contribution < -0.4 is 10.9 Å². The fourth-order valence-corrected chi connectivity index (χ4v) is 2.60. The van der Waals surface area contributed by atoms with Gasteiger partial charge < -0.3 is 14.0 Å². The molecule has 1 aromatic heterocycles. The highest BCUT2D eigenvalue weighted by molar-refractivity contribution is 6.31. The summed E-state index contributed by atoms with van der Waals surface area (Å²) in [4.78, 5) is 36.9. The van der Waals surface area contributed by atoms with Crippen molar-refractivity contribution >= 4 is 40.3 Å². The summed E-state index contributed by atoms with van der Waals surface area (Å²) in [5, 5.41) is 3.44. The summed E-state index contributed by atoms with van der Waals surface area (Å²) in [6.07, 6.45) is 1.18. The molecule has 0 saturated carbocycles. The lowest BCUT2D eigenvalue weighted by Gasteiger charge is -2.13. The van der Waals surface area contributed by atoms with Crippen molar-refractivity contribution in [1.82, 2.24) is 9.99 Å². The molecule has 0 bridgehead atoms. The zero-order chi connectivity index (χ0) is 20.8. The number of nitrogens with zero attached hydrogens (tertiary/aromatic N) is 2. The van der Waals surface area contributed by atoms with Crippen LogP contribution >= 0.6 is 11.6 Å². The summed E-state index contributed by atoms with van der Waals surface area (Å²) < 4.78 is 25.1. The second kappa shape index (κ2) is 9.32. The maximum Gasteiger partial charge on any atom is 0.343 e. The summed E-state index contributed by atoms with van der Waals surface area (Å²) in [5.41, 5.74) is 1.44. The number of amides is 1. The number of esters is 1. The maximum absolute atomic E-state index is 13.9. The van der Waals surface area contributed by atoms with E-state index in [2.05, 4.69) is 10.5 Å². The number of nitrogens with one attached hydrogen (secondary N) is 1. The first-order chi connectivity index (χ1) is 13.3. The molecule has 1 N–H and O–H groups in total. The van der Waals surface area contributed by atoms with Gasteiger partial charge in [0.05, 0.1) is 23.8 Å². The largest absolute Gasteiger partial charge is 0.480 e. The van der Waals surface area contributed by atoms with E-state index in [0.717, 1.165) is 6.07 Å². The maximum atomic E-state index is 13.9. The molecular formula is C18H19ClFN3O5. The van der Waals surface area contributed by atoms with Gasteiger partial charge in [-0.3, -0.25) is 9.59 Å². The number of carbonyl (C=O) groups is 2. The number of carbonyl (C=O) groups excluding carboxylic acids is 2. The first-order valence-electron chi connectivity index (χ1n) is 8.43. The second-order valence-corrected chi connectivity index (χ2v) is 6.01. The lowest BCUT2D eigenvalue weighted by molar-refractivity contribution is -0.121. The van der Waals surface area contributed by atoms with Gasteiger partial charge in [0.2, 0.25) is 11.3 Å². The Labute approximate surface area is 164 Å². The van der Waals surface area contributed by atoms with Crippen LogP contribution in [0.5, 0.6) is 0 Å². The Morgan fingerprint density at radius 2 is 1.93 bits per heavy atom. The molecule has 0 aliphatic heterocycles. The Hall–Kier alpha value is -2.94. The van der Waals surface area contributed by atoms with Crippen molar-refractivity contribution in [2.75, 3.05) is 13.2 Å². The van der Waals surface area contributed by atoms with Crippen molar-refractivity contribution in [1.29, 1.82) is 0 Å². The van der Waals surface area contributed by atoms with E-state index in [0.29, 0.717) is 6.61 Å². The third kappa shape index (κ3) is 4.86. The Bertz CT molecular complexity index is 1000. The number of benzene rings is 1. The van der Waals surface area contributed by atoms with Gasteiger partial charge in [-0.15, -0.1) is 5.10 Å². The Morgan fingerprint density at radius 1 is 1.25 bits per heavy atom. The van der Waals surface area contributed by atoms with E-state index in [1.807, 2.05) is 0 Å². The molecular weight excluding hydrogens is 393 g/mol. The van der Waals surface area contributed by atoms with Crippen LogP contribution in [0.2, 0.25) is 5.02 Å². The Balaban J connectivity index is 2.51. The van der Waals surface area contributed by atoms with E-state index in [1.165, 1.54) is 16.8 Å². The third-order valence-corrected chi connectivity index (χ3v) is 3.91. The van der Waals surface area contributed by atoms with Crippen LogP contribution in [0.4, 0.5) is 4.39 Å². The molecule has 8 nitrogen and oxygen atoms in total. The van der Waals surface area contributed by atoms with Crippen LogP contribution in [0, 0.1) is 5.82 Å². The predicted molar refractivity (Wildman–Crippen MR) is 102 cm³/mol. The van der Waals surface area contributed by atoms with Crippen LogP contribution in [0.3, 0.4) is 0 Å². The Kier molecular flexibility index (Phi) is 7.11. The van der Waals surface area contributed by atoms with Crippen molar-refractivity contribution in [3.8, 4) is 0 Å². The molecule has 1 aromatic carbocycles. The van der Waals surface area contributed by atoms with Gasteiger partial charge in [-0.1, -0.05) is 11.6 Å². The third-order valence-electron chi connectivity index (χ3n) is 3.62. The summed E-state index contributed by atoms with van der Waals surface area (Å²) in [6.45, 7) is 5.06. The van der Waals surface area contributed by atoms with Crippen LogP contribution in [0.1, 0.15) is 31.1 Å². The van der Waals surface area contributed by atoms with Gasteiger partial charge in [-0.05, 0) is 26.0 Å². The van der Waals surface area contributed by atoms with E-state index in [4.69, 9.17) is 21.1 Å². The zero-order valence-electron chi connectivity index (χ0n) is 15.5. The molecule has 0 saturated heterocycles. The minimum Gasteiger partial charge on any atom is -0.480 e. The number of fused-ring (bicyclic) bond motifs is 1. The summed E-state index contributed by atoms with van der Waals surface area (Å²) >= 11 is 5.82. The van der Waals surface area contributed by atoms with E-state index in [9.17, 15) is 18.8 Å².